The van der Waals surface area contributed by atoms with Crippen molar-refractivity contribution in [2.75, 3.05) is 6.54 Å². The number of likely N-dealkylation sites (tertiary alicyclic amines) is 1. The monoisotopic (exact) mass is 309 g/mol. The molecular formula is C17H27NO4. The molecule has 0 N–H and O–H groups in total. The summed E-state index contributed by atoms with van der Waals surface area (Å²) in [7, 11) is 0. The lowest BCUT2D eigenvalue weighted by atomic mass is 9.94. The van der Waals surface area contributed by atoms with Crippen LogP contribution in [0.2, 0.25) is 0 Å². The Morgan fingerprint density at radius 3 is 2.18 bits per heavy atom. The fourth-order valence-corrected chi connectivity index (χ4v) is 3.01. The summed E-state index contributed by atoms with van der Waals surface area (Å²) in [5.41, 5.74) is -1.15. The minimum atomic E-state index is -0.585. The largest absolute Gasteiger partial charge is 0.458 e. The molecule has 1 saturated heterocycles. The molecule has 0 saturated carbocycles. The maximum absolute atomic E-state index is 12.6. The van der Waals surface area contributed by atoms with E-state index in [1.54, 1.807) is 0 Å². The standard InChI is InChI=1S/C17H27NO4/c1-16(2,3)21-14(19)13-12-9-7-8-11(12)10-18(13)15(20)22-17(4,5)6/h7,9,11-13H,8,10H2,1-6H3/t11-,12+,13+/m1/s1. The Bertz CT molecular complexity index is 484. The van der Waals surface area contributed by atoms with E-state index in [-0.39, 0.29) is 17.8 Å². The van der Waals surface area contributed by atoms with Crippen LogP contribution < -0.4 is 0 Å². The lowest BCUT2D eigenvalue weighted by Gasteiger charge is -2.30. The predicted octanol–water partition coefficient (Wildman–Crippen LogP) is 3.14. The molecule has 0 aromatic heterocycles. The summed E-state index contributed by atoms with van der Waals surface area (Å²) in [6.07, 6.45) is 4.57. The third-order valence-corrected chi connectivity index (χ3v) is 3.75. The number of amides is 1. The number of ether oxygens (including phenoxy) is 2. The highest BCUT2D eigenvalue weighted by Gasteiger charge is 2.50. The van der Waals surface area contributed by atoms with Crippen LogP contribution in [-0.4, -0.2) is 40.8 Å². The van der Waals surface area contributed by atoms with Gasteiger partial charge in [0.15, 0.2) is 0 Å². The van der Waals surface area contributed by atoms with Crippen molar-refractivity contribution in [2.24, 2.45) is 11.8 Å². The molecule has 0 unspecified atom stereocenters. The number of hydrogen-bond acceptors (Lipinski definition) is 4. The van der Waals surface area contributed by atoms with E-state index in [9.17, 15) is 9.59 Å². The summed E-state index contributed by atoms with van der Waals surface area (Å²) in [5, 5.41) is 0. The maximum atomic E-state index is 12.6. The Morgan fingerprint density at radius 2 is 1.64 bits per heavy atom. The molecule has 0 bridgehead atoms. The van der Waals surface area contributed by atoms with E-state index >= 15 is 0 Å². The molecule has 1 fully saturated rings. The van der Waals surface area contributed by atoms with Crippen LogP contribution in [-0.2, 0) is 14.3 Å². The lowest BCUT2D eigenvalue weighted by Crippen LogP contribution is -2.47. The van der Waals surface area contributed by atoms with Gasteiger partial charge in [0.1, 0.15) is 17.2 Å². The Balaban J connectivity index is 2.19. The second-order valence-electron chi connectivity index (χ2n) is 8.11. The summed E-state index contributed by atoms with van der Waals surface area (Å²) in [6, 6.07) is -0.585. The zero-order valence-electron chi connectivity index (χ0n) is 14.4. The normalized spacial score (nSPS) is 27.7. The van der Waals surface area contributed by atoms with Crippen molar-refractivity contribution in [3.63, 3.8) is 0 Å². The Kier molecular flexibility index (Phi) is 4.28. The highest BCUT2D eigenvalue weighted by molar-refractivity contribution is 5.83. The molecule has 1 aliphatic carbocycles. The number of fused-ring (bicyclic) bond motifs is 1. The van der Waals surface area contributed by atoms with Crippen LogP contribution in [0.25, 0.3) is 0 Å². The molecule has 5 nitrogen and oxygen atoms in total. The first-order chi connectivity index (χ1) is 9.98. The van der Waals surface area contributed by atoms with E-state index < -0.39 is 23.3 Å². The van der Waals surface area contributed by atoms with Crippen molar-refractivity contribution in [1.82, 2.24) is 4.90 Å². The highest BCUT2D eigenvalue weighted by atomic mass is 16.6. The topological polar surface area (TPSA) is 55.8 Å². The van der Waals surface area contributed by atoms with Gasteiger partial charge >= 0.3 is 12.1 Å². The zero-order chi connectivity index (χ0) is 16.7. The van der Waals surface area contributed by atoms with Crippen molar-refractivity contribution in [2.45, 2.75) is 65.2 Å². The van der Waals surface area contributed by atoms with Gasteiger partial charge in [0.2, 0.25) is 0 Å². The van der Waals surface area contributed by atoms with Crippen LogP contribution in [0.4, 0.5) is 4.79 Å². The number of esters is 1. The molecule has 2 aliphatic rings. The SMILES string of the molecule is CC(C)(C)OC(=O)[C@@H]1[C@H]2C=CC[C@@H]2CN1C(=O)OC(C)(C)C. The minimum Gasteiger partial charge on any atom is -0.458 e. The average molecular weight is 309 g/mol. The van der Waals surface area contributed by atoms with Gasteiger partial charge in [-0.15, -0.1) is 0 Å². The van der Waals surface area contributed by atoms with Gasteiger partial charge in [-0.2, -0.15) is 0 Å². The molecule has 1 amide bonds. The number of allylic oxidation sites excluding steroid dienone is 1. The lowest BCUT2D eigenvalue weighted by molar-refractivity contribution is -0.161. The molecule has 2 rings (SSSR count). The van der Waals surface area contributed by atoms with Gasteiger partial charge in [-0.05, 0) is 53.9 Å². The highest BCUT2D eigenvalue weighted by Crippen LogP contribution is 2.39. The minimum absolute atomic E-state index is 0.0300. The fraction of sp³-hybridized carbons (Fsp3) is 0.765. The van der Waals surface area contributed by atoms with Gasteiger partial charge in [0.05, 0.1) is 0 Å². The van der Waals surface area contributed by atoms with Gasteiger partial charge in [0, 0.05) is 12.5 Å². The summed E-state index contributed by atoms with van der Waals surface area (Å²) in [5.74, 6) is -0.0372. The molecular weight excluding hydrogens is 282 g/mol. The van der Waals surface area contributed by atoms with Gasteiger partial charge in [-0.25, -0.2) is 9.59 Å². The molecule has 1 heterocycles. The number of hydrogen-bond donors (Lipinski definition) is 0. The second kappa shape index (κ2) is 5.60. The Morgan fingerprint density at radius 1 is 1.05 bits per heavy atom. The molecule has 0 spiro atoms. The molecule has 3 atom stereocenters. The molecule has 124 valence electrons. The van der Waals surface area contributed by atoms with Crippen LogP contribution >= 0.6 is 0 Å². The van der Waals surface area contributed by atoms with Gasteiger partial charge < -0.3 is 9.47 Å². The molecule has 0 aromatic rings. The third kappa shape index (κ3) is 3.81. The van der Waals surface area contributed by atoms with Crippen molar-refractivity contribution in [3.8, 4) is 0 Å². The van der Waals surface area contributed by atoms with E-state index in [1.807, 2.05) is 47.6 Å². The number of rotatable bonds is 1. The van der Waals surface area contributed by atoms with Crippen LogP contribution in [0.3, 0.4) is 0 Å². The van der Waals surface area contributed by atoms with E-state index in [0.717, 1.165) is 6.42 Å². The molecule has 1 aliphatic heterocycles. The van der Waals surface area contributed by atoms with E-state index in [1.165, 1.54) is 4.90 Å². The van der Waals surface area contributed by atoms with Crippen molar-refractivity contribution >= 4 is 12.1 Å². The number of carbonyl (C=O) groups excluding carboxylic acids is 2. The molecule has 22 heavy (non-hydrogen) atoms. The van der Waals surface area contributed by atoms with Crippen molar-refractivity contribution in [1.29, 1.82) is 0 Å². The second-order valence-corrected chi connectivity index (χ2v) is 8.11. The fourth-order valence-electron chi connectivity index (χ4n) is 3.01. The summed E-state index contributed by atoms with van der Waals surface area (Å²) in [6.45, 7) is 11.5. The number of nitrogens with zero attached hydrogens (tertiary/aromatic N) is 1. The van der Waals surface area contributed by atoms with Crippen LogP contribution in [0.1, 0.15) is 48.0 Å². The van der Waals surface area contributed by atoms with Crippen molar-refractivity contribution < 1.29 is 19.1 Å². The first-order valence-corrected chi connectivity index (χ1v) is 7.87. The van der Waals surface area contributed by atoms with E-state index in [2.05, 4.69) is 6.08 Å². The van der Waals surface area contributed by atoms with E-state index in [4.69, 9.17) is 9.47 Å². The summed E-state index contributed by atoms with van der Waals surface area (Å²) < 4.78 is 11.0. The molecule has 5 heteroatoms. The van der Waals surface area contributed by atoms with Gasteiger partial charge in [-0.3, -0.25) is 4.90 Å². The first kappa shape index (κ1) is 16.8. The third-order valence-electron chi connectivity index (χ3n) is 3.75. The summed E-state index contributed by atoms with van der Waals surface area (Å²) in [4.78, 5) is 26.6. The van der Waals surface area contributed by atoms with Gasteiger partial charge in [-0.1, -0.05) is 12.2 Å². The first-order valence-electron chi connectivity index (χ1n) is 7.87. The summed E-state index contributed by atoms with van der Waals surface area (Å²) >= 11 is 0. The zero-order valence-corrected chi connectivity index (χ0v) is 14.4. The van der Waals surface area contributed by atoms with Gasteiger partial charge in [0.25, 0.3) is 0 Å². The Labute approximate surface area is 132 Å². The quantitative estimate of drug-likeness (QED) is 0.551. The number of carbonyl (C=O) groups is 2. The molecule has 0 radical (unpaired) electrons. The smallest absolute Gasteiger partial charge is 0.411 e. The van der Waals surface area contributed by atoms with Crippen LogP contribution in [0, 0.1) is 11.8 Å². The Hall–Kier alpha value is -1.52. The maximum Gasteiger partial charge on any atom is 0.411 e. The van der Waals surface area contributed by atoms with Crippen molar-refractivity contribution in [3.05, 3.63) is 12.2 Å². The average Bonchev–Trinajstić information content (AvgIpc) is 2.81. The molecule has 0 aromatic carbocycles. The van der Waals surface area contributed by atoms with Crippen LogP contribution in [0.15, 0.2) is 12.2 Å². The predicted molar refractivity (Wildman–Crippen MR) is 83.3 cm³/mol. The van der Waals surface area contributed by atoms with Crippen LogP contribution in [0.5, 0.6) is 0 Å². The van der Waals surface area contributed by atoms with E-state index in [0.29, 0.717) is 6.54 Å².